The van der Waals surface area contributed by atoms with E-state index in [1.165, 1.54) is 39.3 Å². The zero-order chi connectivity index (χ0) is 24.3. The fourth-order valence-electron chi connectivity index (χ4n) is 3.12. The Morgan fingerprint density at radius 1 is 1.06 bits per heavy atom. The molecule has 1 atom stereocenters. The summed E-state index contributed by atoms with van der Waals surface area (Å²) < 4.78 is 50.6. The number of alkyl halides is 3. The molecule has 3 N–H and O–H groups in total. The second-order valence-corrected chi connectivity index (χ2v) is 7.09. The van der Waals surface area contributed by atoms with E-state index in [1.54, 1.807) is 12.1 Å². The van der Waals surface area contributed by atoms with Gasteiger partial charge in [-0.1, -0.05) is 0 Å². The number of amides is 1. The number of nitrogens with zero attached hydrogens (tertiary/aromatic N) is 2. The second-order valence-electron chi connectivity index (χ2n) is 7.09. The van der Waals surface area contributed by atoms with E-state index in [9.17, 15) is 22.8 Å². The third-order valence-corrected chi connectivity index (χ3v) is 4.80. The molecule has 33 heavy (non-hydrogen) atoms. The summed E-state index contributed by atoms with van der Waals surface area (Å²) in [6, 6.07) is 9.30. The van der Waals surface area contributed by atoms with E-state index >= 15 is 0 Å². The van der Waals surface area contributed by atoms with Crippen molar-refractivity contribution < 1.29 is 27.4 Å². The number of benzene rings is 2. The topological polar surface area (TPSA) is 108 Å². The van der Waals surface area contributed by atoms with Crippen LogP contribution in [-0.2, 0) is 6.18 Å². The Labute approximate surface area is 186 Å². The molecule has 0 saturated heterocycles. The summed E-state index contributed by atoms with van der Waals surface area (Å²) in [5.41, 5.74) is 4.48. The summed E-state index contributed by atoms with van der Waals surface area (Å²) >= 11 is 0. The van der Waals surface area contributed by atoms with Gasteiger partial charge < -0.3 is 20.5 Å². The Bertz CT molecular complexity index is 1240. The first-order valence-corrected chi connectivity index (χ1v) is 9.64. The van der Waals surface area contributed by atoms with Gasteiger partial charge in [0.15, 0.2) is 11.5 Å². The first-order chi connectivity index (χ1) is 15.5. The van der Waals surface area contributed by atoms with E-state index in [1.807, 2.05) is 0 Å². The van der Waals surface area contributed by atoms with Crippen LogP contribution in [0.5, 0.6) is 11.5 Å². The molecule has 0 aliphatic rings. The van der Waals surface area contributed by atoms with Gasteiger partial charge in [0.1, 0.15) is 5.69 Å². The van der Waals surface area contributed by atoms with Gasteiger partial charge in [-0.3, -0.25) is 9.59 Å². The lowest BCUT2D eigenvalue weighted by atomic mass is 10.0. The van der Waals surface area contributed by atoms with Crippen LogP contribution in [-0.4, -0.2) is 29.9 Å². The number of aromatic nitrogens is 2. The molecule has 11 heteroatoms. The molecule has 2 aromatic carbocycles. The summed E-state index contributed by atoms with van der Waals surface area (Å²) in [4.78, 5) is 25.1. The average Bonchev–Trinajstić information content (AvgIpc) is 2.77. The monoisotopic (exact) mass is 462 g/mol. The smallest absolute Gasteiger partial charge is 0.416 e. The Morgan fingerprint density at radius 3 is 2.39 bits per heavy atom. The number of anilines is 1. The highest BCUT2D eigenvalue weighted by Crippen LogP contribution is 2.33. The molecule has 0 unspecified atom stereocenters. The Morgan fingerprint density at radius 2 is 1.76 bits per heavy atom. The molecule has 0 fully saturated rings. The molecule has 8 nitrogen and oxygen atoms in total. The molecule has 0 aliphatic carbocycles. The molecule has 1 heterocycles. The summed E-state index contributed by atoms with van der Waals surface area (Å²) in [7, 11) is 2.90. The maximum atomic E-state index is 13.1. The number of hydrogen-bond donors (Lipinski definition) is 2. The van der Waals surface area contributed by atoms with E-state index in [2.05, 4.69) is 10.4 Å². The van der Waals surface area contributed by atoms with Crippen LogP contribution in [0.1, 0.15) is 34.6 Å². The lowest BCUT2D eigenvalue weighted by Gasteiger charge is -2.17. The zero-order valence-electron chi connectivity index (χ0n) is 17.9. The van der Waals surface area contributed by atoms with Crippen molar-refractivity contribution >= 4 is 11.6 Å². The van der Waals surface area contributed by atoms with Crippen LogP contribution in [0.25, 0.3) is 5.69 Å². The van der Waals surface area contributed by atoms with Crippen molar-refractivity contribution in [3.05, 3.63) is 75.7 Å². The summed E-state index contributed by atoms with van der Waals surface area (Å²) in [6.07, 6.45) is -4.58. The maximum Gasteiger partial charge on any atom is 0.416 e. The van der Waals surface area contributed by atoms with E-state index < -0.39 is 29.2 Å². The highest BCUT2D eigenvalue weighted by atomic mass is 19.4. The molecular weight excluding hydrogens is 441 g/mol. The number of halogens is 3. The second kappa shape index (κ2) is 9.23. The molecule has 0 saturated carbocycles. The van der Waals surface area contributed by atoms with Gasteiger partial charge in [0.25, 0.3) is 11.5 Å². The van der Waals surface area contributed by atoms with Gasteiger partial charge >= 0.3 is 6.18 Å². The largest absolute Gasteiger partial charge is 0.493 e. The van der Waals surface area contributed by atoms with Crippen molar-refractivity contribution in [2.45, 2.75) is 19.1 Å². The van der Waals surface area contributed by atoms with Gasteiger partial charge in [0, 0.05) is 17.8 Å². The number of rotatable bonds is 6. The predicted octanol–water partition coefficient (Wildman–Crippen LogP) is 3.34. The van der Waals surface area contributed by atoms with E-state index in [4.69, 9.17) is 15.2 Å². The Balaban J connectivity index is 1.89. The fourth-order valence-corrected chi connectivity index (χ4v) is 3.12. The number of carbonyl (C=O) groups is 1. The lowest BCUT2D eigenvalue weighted by Crippen LogP contribution is -2.30. The summed E-state index contributed by atoms with van der Waals surface area (Å²) in [5.74, 6) is 0.111. The Hall–Kier alpha value is -4.02. The molecule has 0 bridgehead atoms. The van der Waals surface area contributed by atoms with Crippen molar-refractivity contribution in [3.63, 3.8) is 0 Å². The molecule has 1 aromatic heterocycles. The standard InChI is InChI=1S/C22H21F3N4O4/c1-12(13-8-14(22(23,24)25)10-15(26)9-13)27-21(31)17-5-7-20(30)29(28-17)16-4-6-18(32-2)19(11-16)33-3/h4-12H,26H2,1-3H3,(H,27,31)/t12-/m1/s1. The first kappa shape index (κ1) is 23.6. The quantitative estimate of drug-likeness (QED) is 0.544. The molecule has 0 spiro atoms. The Kier molecular flexibility index (Phi) is 6.61. The van der Waals surface area contributed by atoms with Crippen molar-refractivity contribution in [1.29, 1.82) is 0 Å². The number of nitrogen functional groups attached to an aromatic ring is 1. The number of hydrogen-bond acceptors (Lipinski definition) is 6. The summed E-state index contributed by atoms with van der Waals surface area (Å²) in [6.45, 7) is 1.51. The highest BCUT2D eigenvalue weighted by molar-refractivity contribution is 5.92. The van der Waals surface area contributed by atoms with Crippen LogP contribution in [0.2, 0.25) is 0 Å². The van der Waals surface area contributed by atoms with Crippen LogP contribution >= 0.6 is 0 Å². The third kappa shape index (κ3) is 5.25. The number of nitrogens with one attached hydrogen (secondary N) is 1. The molecule has 0 aliphatic heterocycles. The normalized spacial score (nSPS) is 12.2. The molecule has 3 rings (SSSR count). The van der Waals surface area contributed by atoms with E-state index in [-0.39, 0.29) is 16.9 Å². The SMILES string of the molecule is COc1ccc(-n2nc(C(=O)N[C@H](C)c3cc(N)cc(C(F)(F)F)c3)ccc2=O)cc1OC. The highest BCUT2D eigenvalue weighted by Gasteiger charge is 2.31. The van der Waals surface area contributed by atoms with Gasteiger partial charge in [0.2, 0.25) is 0 Å². The summed E-state index contributed by atoms with van der Waals surface area (Å²) in [5, 5.41) is 6.66. The van der Waals surface area contributed by atoms with Crippen LogP contribution in [0.3, 0.4) is 0 Å². The molecule has 1 amide bonds. The minimum Gasteiger partial charge on any atom is -0.493 e. The molecule has 174 valence electrons. The lowest BCUT2D eigenvalue weighted by molar-refractivity contribution is -0.137. The van der Waals surface area contributed by atoms with E-state index in [0.29, 0.717) is 17.2 Å². The van der Waals surface area contributed by atoms with Crippen LogP contribution in [0.4, 0.5) is 18.9 Å². The maximum absolute atomic E-state index is 13.1. The number of methoxy groups -OCH3 is 2. The van der Waals surface area contributed by atoms with Crippen molar-refractivity contribution in [1.82, 2.24) is 15.1 Å². The average molecular weight is 462 g/mol. The van der Waals surface area contributed by atoms with Crippen molar-refractivity contribution in [2.75, 3.05) is 20.0 Å². The van der Waals surface area contributed by atoms with Gasteiger partial charge in [-0.2, -0.15) is 23.0 Å². The zero-order valence-corrected chi connectivity index (χ0v) is 17.9. The van der Waals surface area contributed by atoms with Crippen LogP contribution in [0.15, 0.2) is 53.3 Å². The minimum atomic E-state index is -4.58. The van der Waals surface area contributed by atoms with Gasteiger partial charge in [-0.25, -0.2) is 0 Å². The van der Waals surface area contributed by atoms with Crippen molar-refractivity contribution in [3.8, 4) is 17.2 Å². The number of nitrogens with two attached hydrogens (primary N) is 1. The van der Waals surface area contributed by atoms with Gasteiger partial charge in [-0.05, 0) is 48.9 Å². The van der Waals surface area contributed by atoms with Crippen LogP contribution < -0.4 is 26.1 Å². The van der Waals surface area contributed by atoms with E-state index in [0.717, 1.165) is 22.9 Å². The minimum absolute atomic E-state index is 0.0824. The van der Waals surface area contributed by atoms with Gasteiger partial charge in [0.05, 0.1) is 31.5 Å². The molecule has 3 aromatic rings. The third-order valence-electron chi connectivity index (χ3n) is 4.80. The van der Waals surface area contributed by atoms with Crippen LogP contribution in [0, 0.1) is 0 Å². The van der Waals surface area contributed by atoms with Crippen molar-refractivity contribution in [2.24, 2.45) is 0 Å². The fraction of sp³-hybridized carbons (Fsp3) is 0.227. The van der Waals surface area contributed by atoms with Gasteiger partial charge in [-0.15, -0.1) is 0 Å². The molecular formula is C22H21F3N4O4. The predicted molar refractivity (Wildman–Crippen MR) is 115 cm³/mol. The first-order valence-electron chi connectivity index (χ1n) is 9.64. The number of carbonyl (C=O) groups excluding carboxylic acids is 1. The number of ether oxygens (including phenoxy) is 2. The molecule has 0 radical (unpaired) electrons.